The summed E-state index contributed by atoms with van der Waals surface area (Å²) in [7, 11) is -4.61. The van der Waals surface area contributed by atoms with Gasteiger partial charge < -0.3 is 15.7 Å². The molecule has 2 aliphatic rings. The van der Waals surface area contributed by atoms with Gasteiger partial charge in [0.25, 0.3) is 5.91 Å². The molecule has 23 heavy (non-hydrogen) atoms. The van der Waals surface area contributed by atoms with Crippen molar-refractivity contribution in [3.8, 4) is 5.75 Å². The second-order valence-electron chi connectivity index (χ2n) is 5.51. The van der Waals surface area contributed by atoms with E-state index in [-0.39, 0.29) is 18.7 Å². The normalized spacial score (nSPS) is 25.0. The van der Waals surface area contributed by atoms with Gasteiger partial charge in [0.2, 0.25) is 5.91 Å². The first-order chi connectivity index (χ1) is 10.7. The van der Waals surface area contributed by atoms with Crippen molar-refractivity contribution in [1.29, 1.82) is 0 Å². The average Bonchev–Trinajstić information content (AvgIpc) is 2.83. The summed E-state index contributed by atoms with van der Waals surface area (Å²) in [6.45, 7) is 0.178. The minimum atomic E-state index is -4.61. The highest BCUT2D eigenvalue weighted by atomic mass is 32.2. The number of phenolic OH excluding ortho intramolecular Hbond substituents is 1. The molecule has 1 unspecified atom stereocenters. The number of carbonyl (C=O) groups is 2. The van der Waals surface area contributed by atoms with Gasteiger partial charge >= 0.3 is 10.3 Å². The summed E-state index contributed by atoms with van der Waals surface area (Å²) < 4.78 is 31.7. The van der Waals surface area contributed by atoms with Crippen molar-refractivity contribution in [2.24, 2.45) is 5.73 Å². The van der Waals surface area contributed by atoms with Crippen LogP contribution in [0.4, 0.5) is 0 Å². The Labute approximate surface area is 132 Å². The molecule has 0 spiro atoms. The third-order valence-corrected chi connectivity index (χ3v) is 5.14. The zero-order valence-corrected chi connectivity index (χ0v) is 12.7. The van der Waals surface area contributed by atoms with E-state index < -0.39 is 40.2 Å². The number of nitrogens with two attached hydrogens (primary N) is 1. The van der Waals surface area contributed by atoms with Crippen molar-refractivity contribution in [3.05, 3.63) is 29.8 Å². The van der Waals surface area contributed by atoms with Gasteiger partial charge in [-0.1, -0.05) is 12.1 Å². The highest BCUT2D eigenvalue weighted by Crippen LogP contribution is 2.36. The molecule has 2 heterocycles. The Bertz CT molecular complexity index is 762. The maximum absolute atomic E-state index is 12.5. The van der Waals surface area contributed by atoms with Crippen LogP contribution in [0.1, 0.15) is 18.0 Å². The average molecular weight is 341 g/mol. The van der Waals surface area contributed by atoms with Crippen molar-refractivity contribution in [2.75, 3.05) is 6.54 Å². The number of β-lactam (4-membered cyclic amide) rings is 1. The summed E-state index contributed by atoms with van der Waals surface area (Å²) in [4.78, 5) is 25.6. The van der Waals surface area contributed by atoms with Gasteiger partial charge in [0.1, 0.15) is 17.8 Å². The Morgan fingerprint density at radius 1 is 1.30 bits per heavy atom. The van der Waals surface area contributed by atoms with Crippen LogP contribution in [0.15, 0.2) is 24.3 Å². The maximum atomic E-state index is 12.5. The quantitative estimate of drug-likeness (QED) is 0.473. The summed E-state index contributed by atoms with van der Waals surface area (Å²) in [6, 6.07) is 3.10. The van der Waals surface area contributed by atoms with Crippen molar-refractivity contribution in [2.45, 2.75) is 24.5 Å². The number of likely N-dealkylation sites (tertiary alicyclic amines) is 1. The Morgan fingerprint density at radius 2 is 1.91 bits per heavy atom. The SMILES string of the molecule is NC(C(=O)N1CC[C@@H]2[C@H]1C(=O)N2S(=O)(=O)O)c1ccc(O)cc1. The fourth-order valence-electron chi connectivity index (χ4n) is 3.07. The van der Waals surface area contributed by atoms with Crippen molar-refractivity contribution in [1.82, 2.24) is 9.21 Å². The molecule has 3 rings (SSSR count). The van der Waals surface area contributed by atoms with Crippen LogP contribution in [-0.4, -0.2) is 57.7 Å². The number of phenols is 1. The number of amides is 2. The van der Waals surface area contributed by atoms with E-state index in [2.05, 4.69) is 0 Å². The van der Waals surface area contributed by atoms with Gasteiger partial charge in [-0.25, -0.2) is 4.31 Å². The lowest BCUT2D eigenvalue weighted by Crippen LogP contribution is -2.68. The third-order valence-electron chi connectivity index (χ3n) is 4.19. The van der Waals surface area contributed by atoms with E-state index in [1.54, 1.807) is 0 Å². The molecule has 10 heteroatoms. The maximum Gasteiger partial charge on any atom is 0.362 e. The van der Waals surface area contributed by atoms with Crippen LogP contribution in [0.25, 0.3) is 0 Å². The molecule has 0 aromatic heterocycles. The summed E-state index contributed by atoms with van der Waals surface area (Å²) in [5.74, 6) is -1.31. The molecule has 0 aliphatic carbocycles. The molecule has 2 amide bonds. The third kappa shape index (κ3) is 2.44. The van der Waals surface area contributed by atoms with E-state index in [4.69, 9.17) is 10.3 Å². The molecule has 1 aromatic rings. The second kappa shape index (κ2) is 5.18. The van der Waals surface area contributed by atoms with E-state index in [9.17, 15) is 23.1 Å². The highest BCUT2D eigenvalue weighted by molar-refractivity contribution is 7.84. The zero-order chi connectivity index (χ0) is 16.9. The van der Waals surface area contributed by atoms with Gasteiger partial charge in [0.05, 0.1) is 6.04 Å². The van der Waals surface area contributed by atoms with Gasteiger partial charge in [-0.3, -0.25) is 14.1 Å². The number of hydrogen-bond donors (Lipinski definition) is 3. The van der Waals surface area contributed by atoms with Crippen LogP contribution in [0.2, 0.25) is 0 Å². The molecule has 9 nitrogen and oxygen atoms in total. The minimum Gasteiger partial charge on any atom is -0.508 e. The molecule has 0 saturated carbocycles. The van der Waals surface area contributed by atoms with Crippen LogP contribution in [0.3, 0.4) is 0 Å². The van der Waals surface area contributed by atoms with Crippen molar-refractivity contribution in [3.63, 3.8) is 0 Å². The number of fused-ring (bicyclic) bond motifs is 1. The van der Waals surface area contributed by atoms with Crippen molar-refractivity contribution >= 4 is 22.1 Å². The lowest BCUT2D eigenvalue weighted by Gasteiger charge is -2.42. The number of nitrogens with zero attached hydrogens (tertiary/aromatic N) is 2. The van der Waals surface area contributed by atoms with E-state index >= 15 is 0 Å². The van der Waals surface area contributed by atoms with Gasteiger partial charge in [-0.2, -0.15) is 8.42 Å². The summed E-state index contributed by atoms with van der Waals surface area (Å²) in [5.41, 5.74) is 6.37. The van der Waals surface area contributed by atoms with Crippen LogP contribution in [-0.2, 0) is 19.9 Å². The number of benzene rings is 1. The predicted molar refractivity (Wildman–Crippen MR) is 77.3 cm³/mol. The van der Waals surface area contributed by atoms with E-state index in [0.717, 1.165) is 0 Å². The van der Waals surface area contributed by atoms with Crippen LogP contribution in [0.5, 0.6) is 5.75 Å². The molecule has 2 saturated heterocycles. The molecular weight excluding hydrogens is 326 g/mol. The lowest BCUT2D eigenvalue weighted by molar-refractivity contribution is -0.152. The largest absolute Gasteiger partial charge is 0.508 e. The fourth-order valence-corrected chi connectivity index (χ4v) is 3.96. The smallest absolute Gasteiger partial charge is 0.362 e. The summed E-state index contributed by atoms with van der Waals surface area (Å²) in [5, 5.41) is 9.25. The zero-order valence-electron chi connectivity index (χ0n) is 11.9. The first-order valence-corrected chi connectivity index (χ1v) is 8.27. The fraction of sp³-hybridized carbons (Fsp3) is 0.385. The molecule has 2 fully saturated rings. The topological polar surface area (TPSA) is 141 Å². The Morgan fingerprint density at radius 3 is 2.48 bits per heavy atom. The number of rotatable bonds is 3. The molecule has 4 N–H and O–H groups in total. The van der Waals surface area contributed by atoms with Crippen molar-refractivity contribution < 1.29 is 27.7 Å². The standard InChI is InChI=1S/C13H15N3O6S/c14-10(7-1-3-8(17)4-2-7)12(18)15-6-5-9-11(15)13(19)16(9)23(20,21)22/h1-4,9-11,17H,5-6,14H2,(H,20,21,22)/t9-,10?,11+/m1/s1. The Kier molecular flexibility index (Phi) is 3.54. The molecule has 0 radical (unpaired) electrons. The molecule has 3 atom stereocenters. The minimum absolute atomic E-state index is 0.0348. The van der Waals surface area contributed by atoms with Crippen LogP contribution < -0.4 is 5.73 Å². The molecule has 124 valence electrons. The monoisotopic (exact) mass is 341 g/mol. The second-order valence-corrected chi connectivity index (χ2v) is 6.80. The van der Waals surface area contributed by atoms with Gasteiger partial charge in [-0.15, -0.1) is 0 Å². The molecule has 2 aliphatic heterocycles. The number of carbonyl (C=O) groups excluding carboxylic acids is 2. The van der Waals surface area contributed by atoms with E-state index in [1.165, 1.54) is 29.2 Å². The first-order valence-electron chi connectivity index (χ1n) is 6.87. The first kappa shape index (κ1) is 15.7. The highest BCUT2D eigenvalue weighted by Gasteiger charge is 2.60. The predicted octanol–water partition coefficient (Wildman–Crippen LogP) is -0.993. The number of aromatic hydroxyl groups is 1. The van der Waals surface area contributed by atoms with Crippen LogP contribution in [0, 0.1) is 0 Å². The summed E-state index contributed by atoms with van der Waals surface area (Å²) in [6.07, 6.45) is 0.254. The number of hydrogen-bond acceptors (Lipinski definition) is 6. The van der Waals surface area contributed by atoms with Gasteiger partial charge in [0, 0.05) is 6.54 Å². The summed E-state index contributed by atoms with van der Waals surface area (Å²) >= 11 is 0. The van der Waals surface area contributed by atoms with Gasteiger partial charge in [0.15, 0.2) is 0 Å². The van der Waals surface area contributed by atoms with E-state index in [1.807, 2.05) is 0 Å². The molecular formula is C13H15N3O6S. The molecule has 0 bridgehead atoms. The lowest BCUT2D eigenvalue weighted by atomic mass is 9.99. The van der Waals surface area contributed by atoms with Crippen LogP contribution >= 0.6 is 0 Å². The Hall–Kier alpha value is -2.17. The van der Waals surface area contributed by atoms with E-state index in [0.29, 0.717) is 9.87 Å². The molecule has 1 aromatic carbocycles. The Balaban J connectivity index is 1.77. The van der Waals surface area contributed by atoms with Gasteiger partial charge in [-0.05, 0) is 24.1 Å².